The van der Waals surface area contributed by atoms with Gasteiger partial charge in [-0.1, -0.05) is 133 Å². The van der Waals surface area contributed by atoms with Gasteiger partial charge in [-0.2, -0.15) is 0 Å². The minimum Gasteiger partial charge on any atom is -0.0622 e. The molecule has 0 heteroatoms. The summed E-state index contributed by atoms with van der Waals surface area (Å²) in [6, 6.07) is 46.7. The number of hydrogen-bond donors (Lipinski definition) is 0. The largest absolute Gasteiger partial charge is 0.0713 e. The van der Waals surface area contributed by atoms with Crippen molar-refractivity contribution in [2.75, 3.05) is 0 Å². The Morgan fingerprint density at radius 1 is 0.406 bits per heavy atom. The molecule has 0 saturated heterocycles. The van der Waals surface area contributed by atoms with Crippen LogP contribution in [0.25, 0.3) is 22.3 Å². The molecule has 0 aromatic heterocycles. The molecule has 0 atom stereocenters. The van der Waals surface area contributed by atoms with Crippen LogP contribution < -0.4 is 0 Å². The summed E-state index contributed by atoms with van der Waals surface area (Å²) < 4.78 is 0. The minimum atomic E-state index is -0.323. The first-order valence-corrected chi connectivity index (χ1v) is 11.2. The molecular formula is C32H24. The van der Waals surface area contributed by atoms with E-state index in [0.717, 1.165) is 0 Å². The molecule has 0 amide bonds. The van der Waals surface area contributed by atoms with Gasteiger partial charge in [-0.3, -0.25) is 0 Å². The standard InChI is InChI=1S/C32H24/c1-23-15-19-26(20-16-23)32(27-21-17-25(18-22-27)24-9-3-2-4-10-24)30-13-7-5-11-28(30)29-12-6-8-14-31(29)32/h2-22H,1H3. The molecule has 1 aliphatic rings. The summed E-state index contributed by atoms with van der Waals surface area (Å²) in [6.07, 6.45) is 0. The van der Waals surface area contributed by atoms with Crippen molar-refractivity contribution in [1.29, 1.82) is 0 Å². The van der Waals surface area contributed by atoms with Crippen molar-refractivity contribution in [3.8, 4) is 22.3 Å². The summed E-state index contributed by atoms with van der Waals surface area (Å²) >= 11 is 0. The Morgan fingerprint density at radius 2 is 0.844 bits per heavy atom. The molecule has 0 radical (unpaired) electrons. The van der Waals surface area contributed by atoms with Crippen molar-refractivity contribution in [3.05, 3.63) is 155 Å². The van der Waals surface area contributed by atoms with E-state index in [9.17, 15) is 0 Å². The van der Waals surface area contributed by atoms with Crippen LogP contribution in [0, 0.1) is 6.92 Å². The van der Waals surface area contributed by atoms with Gasteiger partial charge < -0.3 is 0 Å². The van der Waals surface area contributed by atoms with E-state index in [4.69, 9.17) is 0 Å². The third-order valence-corrected chi connectivity index (χ3v) is 6.86. The van der Waals surface area contributed by atoms with Crippen LogP contribution in [0.5, 0.6) is 0 Å². The van der Waals surface area contributed by atoms with Crippen molar-refractivity contribution >= 4 is 0 Å². The van der Waals surface area contributed by atoms with Crippen molar-refractivity contribution in [1.82, 2.24) is 0 Å². The summed E-state index contributed by atoms with van der Waals surface area (Å²) in [4.78, 5) is 0. The van der Waals surface area contributed by atoms with Gasteiger partial charge >= 0.3 is 0 Å². The molecule has 0 nitrogen and oxygen atoms in total. The Kier molecular flexibility index (Phi) is 4.33. The van der Waals surface area contributed by atoms with E-state index < -0.39 is 0 Å². The highest BCUT2D eigenvalue weighted by molar-refractivity contribution is 5.86. The Morgan fingerprint density at radius 3 is 1.41 bits per heavy atom. The molecular weight excluding hydrogens is 384 g/mol. The fourth-order valence-corrected chi connectivity index (χ4v) is 5.37. The normalized spacial score (nSPS) is 13.4. The predicted molar refractivity (Wildman–Crippen MR) is 134 cm³/mol. The van der Waals surface area contributed by atoms with Crippen LogP contribution in [0.15, 0.2) is 127 Å². The van der Waals surface area contributed by atoms with Gasteiger partial charge in [0.05, 0.1) is 5.41 Å². The lowest BCUT2D eigenvalue weighted by Crippen LogP contribution is -2.28. The summed E-state index contributed by atoms with van der Waals surface area (Å²) in [5.74, 6) is 0. The summed E-state index contributed by atoms with van der Waals surface area (Å²) in [5.41, 5.74) is 11.4. The van der Waals surface area contributed by atoms with E-state index in [2.05, 4.69) is 134 Å². The highest BCUT2D eigenvalue weighted by atomic mass is 14.5. The number of hydrogen-bond acceptors (Lipinski definition) is 0. The zero-order valence-corrected chi connectivity index (χ0v) is 18.1. The first kappa shape index (κ1) is 18.8. The van der Waals surface area contributed by atoms with Crippen molar-refractivity contribution in [3.63, 3.8) is 0 Å². The lowest BCUT2D eigenvalue weighted by molar-refractivity contribution is 0.768. The second-order valence-electron chi connectivity index (χ2n) is 8.65. The molecule has 1 aliphatic carbocycles. The monoisotopic (exact) mass is 408 g/mol. The highest BCUT2D eigenvalue weighted by Crippen LogP contribution is 2.56. The third-order valence-electron chi connectivity index (χ3n) is 6.86. The van der Waals surface area contributed by atoms with E-state index in [1.165, 1.54) is 50.1 Å². The van der Waals surface area contributed by atoms with E-state index in [0.29, 0.717) is 0 Å². The second kappa shape index (κ2) is 7.35. The zero-order valence-electron chi connectivity index (χ0n) is 18.1. The molecule has 32 heavy (non-hydrogen) atoms. The van der Waals surface area contributed by atoms with Gasteiger partial charge in [0.2, 0.25) is 0 Å². The Labute approximate surface area is 189 Å². The van der Waals surface area contributed by atoms with Crippen LogP contribution in [0.3, 0.4) is 0 Å². The molecule has 6 rings (SSSR count). The van der Waals surface area contributed by atoms with Crippen LogP contribution >= 0.6 is 0 Å². The molecule has 0 fully saturated rings. The Balaban J connectivity index is 1.65. The van der Waals surface area contributed by atoms with Crippen LogP contribution in [0.4, 0.5) is 0 Å². The molecule has 5 aromatic rings. The van der Waals surface area contributed by atoms with Gasteiger partial charge in [0.1, 0.15) is 0 Å². The van der Waals surface area contributed by atoms with Gasteiger partial charge in [-0.25, -0.2) is 0 Å². The van der Waals surface area contributed by atoms with Gasteiger partial charge in [-0.05, 0) is 51.4 Å². The van der Waals surface area contributed by atoms with Crippen LogP contribution in [-0.2, 0) is 5.41 Å². The number of fused-ring (bicyclic) bond motifs is 3. The predicted octanol–water partition coefficient (Wildman–Crippen LogP) is 8.03. The molecule has 0 bridgehead atoms. The summed E-state index contributed by atoms with van der Waals surface area (Å²) in [5, 5.41) is 0. The minimum absolute atomic E-state index is 0.323. The molecule has 152 valence electrons. The third kappa shape index (κ3) is 2.70. The molecule has 0 unspecified atom stereocenters. The quantitative estimate of drug-likeness (QED) is 0.278. The molecule has 5 aromatic carbocycles. The number of benzene rings is 5. The van der Waals surface area contributed by atoms with E-state index in [1.807, 2.05) is 0 Å². The van der Waals surface area contributed by atoms with E-state index >= 15 is 0 Å². The maximum atomic E-state index is 2.32. The molecule has 0 saturated carbocycles. The van der Waals surface area contributed by atoms with Gasteiger partial charge in [-0.15, -0.1) is 0 Å². The lowest BCUT2D eigenvalue weighted by Gasteiger charge is -2.34. The first-order chi connectivity index (χ1) is 15.8. The fraction of sp³-hybridized carbons (Fsp3) is 0.0625. The van der Waals surface area contributed by atoms with Crippen LogP contribution in [0.2, 0.25) is 0 Å². The smallest absolute Gasteiger partial charge is 0.0622 e. The zero-order chi connectivity index (χ0) is 21.5. The molecule has 0 N–H and O–H groups in total. The van der Waals surface area contributed by atoms with Gasteiger partial charge in [0, 0.05) is 0 Å². The maximum absolute atomic E-state index is 2.32. The van der Waals surface area contributed by atoms with Gasteiger partial charge in [0.25, 0.3) is 0 Å². The number of rotatable bonds is 3. The van der Waals surface area contributed by atoms with Crippen molar-refractivity contribution in [2.24, 2.45) is 0 Å². The Hall–Kier alpha value is -3.90. The van der Waals surface area contributed by atoms with Gasteiger partial charge in [0.15, 0.2) is 0 Å². The SMILES string of the molecule is Cc1ccc(C2(c3ccc(-c4ccccc4)cc3)c3ccccc3-c3ccccc32)cc1. The second-order valence-corrected chi connectivity index (χ2v) is 8.65. The van der Waals surface area contributed by atoms with Crippen LogP contribution in [-0.4, -0.2) is 0 Å². The fourth-order valence-electron chi connectivity index (χ4n) is 5.37. The highest BCUT2D eigenvalue weighted by Gasteiger charge is 2.45. The van der Waals surface area contributed by atoms with E-state index in [-0.39, 0.29) is 5.41 Å². The summed E-state index contributed by atoms with van der Waals surface area (Å²) in [6.45, 7) is 2.15. The maximum Gasteiger partial charge on any atom is 0.0713 e. The average Bonchev–Trinajstić information content (AvgIpc) is 3.17. The molecule has 0 spiro atoms. The van der Waals surface area contributed by atoms with E-state index in [1.54, 1.807) is 0 Å². The Bertz CT molecular complexity index is 1350. The molecule has 0 aliphatic heterocycles. The number of aryl methyl sites for hydroxylation is 1. The molecule has 0 heterocycles. The first-order valence-electron chi connectivity index (χ1n) is 11.2. The topological polar surface area (TPSA) is 0 Å². The van der Waals surface area contributed by atoms with Crippen LogP contribution in [0.1, 0.15) is 27.8 Å². The summed E-state index contributed by atoms with van der Waals surface area (Å²) in [7, 11) is 0. The van der Waals surface area contributed by atoms with Crippen molar-refractivity contribution in [2.45, 2.75) is 12.3 Å². The lowest BCUT2D eigenvalue weighted by atomic mass is 9.67. The van der Waals surface area contributed by atoms with Crippen molar-refractivity contribution < 1.29 is 0 Å². The average molecular weight is 409 g/mol.